The van der Waals surface area contributed by atoms with Gasteiger partial charge in [-0.1, -0.05) is 18.2 Å². The predicted molar refractivity (Wildman–Crippen MR) is 107 cm³/mol. The molecule has 1 aromatic carbocycles. The van der Waals surface area contributed by atoms with Crippen LogP contribution in [0.25, 0.3) is 0 Å². The standard InChI is InChI=1S/C19H21N5O6S/c25-5-6-30-18-4-2-1-3-15(18)16(12-26)19(27)23-9-13-10-24(22-17(13)11-23)31(28,29)14-7-20-21-8-14/h1-4,7-8,10,16,25-26H,5-6,9,11-12H2,(H,20,21)/t16-/m0/s1. The highest BCUT2D eigenvalue weighted by molar-refractivity contribution is 7.89. The molecule has 1 aliphatic heterocycles. The molecule has 1 amide bonds. The summed E-state index contributed by atoms with van der Waals surface area (Å²) in [5.41, 5.74) is 1.60. The highest BCUT2D eigenvalue weighted by atomic mass is 32.2. The molecule has 0 radical (unpaired) electrons. The van der Waals surface area contributed by atoms with Crippen LogP contribution < -0.4 is 4.74 Å². The number of aromatic nitrogens is 4. The number of aromatic amines is 1. The molecule has 31 heavy (non-hydrogen) atoms. The summed E-state index contributed by atoms with van der Waals surface area (Å²) in [7, 11) is -3.86. The number of H-pyrrole nitrogens is 1. The van der Waals surface area contributed by atoms with Crippen molar-refractivity contribution in [3.8, 4) is 5.75 Å². The van der Waals surface area contributed by atoms with Gasteiger partial charge in [0.1, 0.15) is 17.3 Å². The van der Waals surface area contributed by atoms with Gasteiger partial charge in [0.2, 0.25) is 5.91 Å². The van der Waals surface area contributed by atoms with Gasteiger partial charge in [0, 0.05) is 30.1 Å². The Balaban J connectivity index is 1.53. The maximum Gasteiger partial charge on any atom is 0.286 e. The third-order valence-electron chi connectivity index (χ3n) is 5.01. The normalized spacial score (nSPS) is 14.5. The summed E-state index contributed by atoms with van der Waals surface area (Å²) < 4.78 is 31.5. The van der Waals surface area contributed by atoms with Crippen molar-refractivity contribution in [1.29, 1.82) is 0 Å². The first-order chi connectivity index (χ1) is 15.0. The fraction of sp³-hybridized carbons (Fsp3) is 0.316. The number of para-hydroxylation sites is 1. The molecule has 3 aromatic rings. The summed E-state index contributed by atoms with van der Waals surface area (Å²) in [5, 5.41) is 29.2. The maximum absolute atomic E-state index is 13.1. The van der Waals surface area contributed by atoms with E-state index in [1.54, 1.807) is 24.3 Å². The lowest BCUT2D eigenvalue weighted by molar-refractivity contribution is -0.134. The van der Waals surface area contributed by atoms with Gasteiger partial charge in [-0.2, -0.15) is 22.7 Å². The number of carbonyl (C=O) groups excluding carboxylic acids is 1. The van der Waals surface area contributed by atoms with E-state index in [4.69, 9.17) is 9.84 Å². The van der Waals surface area contributed by atoms with Crippen molar-refractivity contribution >= 4 is 15.9 Å². The smallest absolute Gasteiger partial charge is 0.286 e. The number of amides is 1. The Hall–Kier alpha value is -3.22. The van der Waals surface area contributed by atoms with E-state index in [1.807, 2.05) is 0 Å². The molecule has 0 aliphatic carbocycles. The third-order valence-corrected chi connectivity index (χ3v) is 6.51. The van der Waals surface area contributed by atoms with Crippen LogP contribution in [0.2, 0.25) is 0 Å². The molecule has 164 valence electrons. The molecule has 3 N–H and O–H groups in total. The minimum Gasteiger partial charge on any atom is -0.491 e. The summed E-state index contributed by atoms with van der Waals surface area (Å²) in [6, 6.07) is 6.84. The lowest BCUT2D eigenvalue weighted by Crippen LogP contribution is -2.33. The minimum atomic E-state index is -3.86. The molecule has 0 saturated carbocycles. The molecular formula is C19H21N5O6S. The van der Waals surface area contributed by atoms with Crippen molar-refractivity contribution in [3.05, 3.63) is 59.7 Å². The molecule has 0 unspecified atom stereocenters. The number of hydrogen-bond donors (Lipinski definition) is 3. The lowest BCUT2D eigenvalue weighted by Gasteiger charge is -2.23. The monoisotopic (exact) mass is 447 g/mol. The van der Waals surface area contributed by atoms with Crippen LogP contribution in [0.15, 0.2) is 47.8 Å². The number of benzene rings is 1. The first-order valence-corrected chi connectivity index (χ1v) is 10.9. The fourth-order valence-corrected chi connectivity index (χ4v) is 4.56. The Morgan fingerprint density at radius 2 is 2.06 bits per heavy atom. The molecule has 11 nitrogen and oxygen atoms in total. The van der Waals surface area contributed by atoms with Crippen LogP contribution in [0.3, 0.4) is 0 Å². The van der Waals surface area contributed by atoms with Gasteiger partial charge in [-0.15, -0.1) is 0 Å². The van der Waals surface area contributed by atoms with E-state index in [9.17, 15) is 18.3 Å². The highest BCUT2D eigenvalue weighted by Crippen LogP contribution is 2.31. The third kappa shape index (κ3) is 3.92. The van der Waals surface area contributed by atoms with E-state index in [0.29, 0.717) is 22.6 Å². The van der Waals surface area contributed by atoms with Crippen LogP contribution >= 0.6 is 0 Å². The zero-order valence-corrected chi connectivity index (χ0v) is 17.2. The van der Waals surface area contributed by atoms with E-state index in [0.717, 1.165) is 4.09 Å². The van der Waals surface area contributed by atoms with Gasteiger partial charge < -0.3 is 19.8 Å². The second-order valence-corrected chi connectivity index (χ2v) is 8.75. The van der Waals surface area contributed by atoms with Crippen molar-refractivity contribution in [2.75, 3.05) is 19.8 Å². The quantitative estimate of drug-likeness (QED) is 0.431. The second kappa shape index (κ2) is 8.49. The van der Waals surface area contributed by atoms with E-state index in [-0.39, 0.29) is 37.1 Å². The fourth-order valence-electron chi connectivity index (χ4n) is 3.48. The van der Waals surface area contributed by atoms with Crippen molar-refractivity contribution in [2.24, 2.45) is 0 Å². The molecule has 0 fully saturated rings. The Morgan fingerprint density at radius 3 is 2.74 bits per heavy atom. The molecule has 1 aliphatic rings. The van der Waals surface area contributed by atoms with Crippen molar-refractivity contribution < 1.29 is 28.2 Å². The number of rotatable bonds is 8. The van der Waals surface area contributed by atoms with Gasteiger partial charge in [0.15, 0.2) is 0 Å². The average Bonchev–Trinajstić information content (AvgIpc) is 3.50. The highest BCUT2D eigenvalue weighted by Gasteiger charge is 2.34. The summed E-state index contributed by atoms with van der Waals surface area (Å²) >= 11 is 0. The Bertz CT molecular complexity index is 1150. The van der Waals surface area contributed by atoms with E-state index in [1.165, 1.54) is 23.5 Å². The maximum atomic E-state index is 13.1. The molecule has 0 spiro atoms. The number of fused-ring (bicyclic) bond motifs is 1. The largest absolute Gasteiger partial charge is 0.491 e. The van der Waals surface area contributed by atoms with Crippen LogP contribution in [0.5, 0.6) is 5.75 Å². The Morgan fingerprint density at radius 1 is 1.26 bits per heavy atom. The SMILES string of the molecule is O=C([C@@H](CO)c1ccccc1OCCO)N1Cc2cn(S(=O)(=O)c3cn[nH]c3)nc2C1. The van der Waals surface area contributed by atoms with Gasteiger partial charge in [-0.05, 0) is 6.07 Å². The molecule has 0 bridgehead atoms. The van der Waals surface area contributed by atoms with Gasteiger partial charge >= 0.3 is 0 Å². The van der Waals surface area contributed by atoms with Gasteiger partial charge in [-0.3, -0.25) is 9.89 Å². The van der Waals surface area contributed by atoms with Crippen LogP contribution in [-0.2, 0) is 27.9 Å². The first-order valence-electron chi connectivity index (χ1n) is 9.49. The number of nitrogens with zero attached hydrogens (tertiary/aromatic N) is 4. The average molecular weight is 447 g/mol. The van der Waals surface area contributed by atoms with Crippen LogP contribution in [0, 0.1) is 0 Å². The first kappa shape index (κ1) is 21.0. The molecule has 1 atom stereocenters. The number of ether oxygens (including phenoxy) is 1. The summed E-state index contributed by atoms with van der Waals surface area (Å²) in [6.07, 6.45) is 3.84. The number of nitrogens with one attached hydrogen (secondary N) is 1. The van der Waals surface area contributed by atoms with Crippen molar-refractivity contribution in [1.82, 2.24) is 24.3 Å². The summed E-state index contributed by atoms with van der Waals surface area (Å²) in [6.45, 7) is -0.243. The number of carbonyl (C=O) groups is 1. The van der Waals surface area contributed by atoms with Crippen LogP contribution in [0.1, 0.15) is 22.7 Å². The summed E-state index contributed by atoms with van der Waals surface area (Å²) in [5.74, 6) is -0.775. The second-order valence-electron chi connectivity index (χ2n) is 6.95. The minimum absolute atomic E-state index is 0.0126. The van der Waals surface area contributed by atoms with Gasteiger partial charge in [0.05, 0.1) is 37.6 Å². The van der Waals surface area contributed by atoms with Crippen molar-refractivity contribution in [2.45, 2.75) is 23.9 Å². The van der Waals surface area contributed by atoms with Crippen LogP contribution in [-0.4, -0.2) is 68.6 Å². The molecule has 4 rings (SSSR count). The number of aliphatic hydroxyl groups is 2. The molecule has 2 aromatic heterocycles. The van der Waals surface area contributed by atoms with E-state index >= 15 is 0 Å². The number of hydrogen-bond acceptors (Lipinski definition) is 8. The predicted octanol–water partition coefficient (Wildman–Crippen LogP) is -0.167. The van der Waals surface area contributed by atoms with Crippen molar-refractivity contribution in [3.63, 3.8) is 0 Å². The Kier molecular flexibility index (Phi) is 5.76. The number of aliphatic hydroxyl groups excluding tert-OH is 2. The molecule has 0 saturated heterocycles. The zero-order valence-electron chi connectivity index (χ0n) is 16.4. The molecular weight excluding hydrogens is 426 g/mol. The molecule has 12 heteroatoms. The lowest BCUT2D eigenvalue weighted by atomic mass is 9.97. The Labute approximate surface area is 177 Å². The topological polar surface area (TPSA) is 151 Å². The van der Waals surface area contributed by atoms with Gasteiger partial charge in [0.25, 0.3) is 10.0 Å². The molecule has 3 heterocycles. The zero-order chi connectivity index (χ0) is 22.0. The van der Waals surface area contributed by atoms with Crippen LogP contribution in [0.4, 0.5) is 0 Å². The summed E-state index contributed by atoms with van der Waals surface area (Å²) in [4.78, 5) is 14.6. The van der Waals surface area contributed by atoms with Gasteiger partial charge in [-0.25, -0.2) is 0 Å². The van der Waals surface area contributed by atoms with E-state index < -0.39 is 22.5 Å². The van der Waals surface area contributed by atoms with E-state index in [2.05, 4.69) is 15.3 Å².